The number of anilines is 1. The zero-order chi connectivity index (χ0) is 24.5. The van der Waals surface area contributed by atoms with E-state index in [0.717, 1.165) is 22.4 Å². The lowest BCUT2D eigenvalue weighted by Gasteiger charge is -2.20. The summed E-state index contributed by atoms with van der Waals surface area (Å²) < 4.78 is 1.90. The smallest absolute Gasteiger partial charge is 0.256 e. The van der Waals surface area contributed by atoms with Crippen LogP contribution in [-0.4, -0.2) is 44.6 Å². The van der Waals surface area contributed by atoms with Gasteiger partial charge in [0.25, 0.3) is 11.8 Å². The molecule has 0 aliphatic heterocycles. The number of benzene rings is 1. The maximum absolute atomic E-state index is 13.4. The number of aromatic nitrogens is 3. The summed E-state index contributed by atoms with van der Waals surface area (Å²) in [5.41, 5.74) is 3.86. The molecule has 0 saturated carbocycles. The van der Waals surface area contributed by atoms with Crippen molar-refractivity contribution in [3.63, 3.8) is 0 Å². The van der Waals surface area contributed by atoms with Gasteiger partial charge in [0, 0.05) is 30.0 Å². The van der Waals surface area contributed by atoms with Gasteiger partial charge in [0.1, 0.15) is 0 Å². The van der Waals surface area contributed by atoms with E-state index in [1.54, 1.807) is 29.2 Å². The standard InChI is InChI=1S/C26H35N5O2/c1-9-30(10-2)25(33)18-11-13-19(14-12-18)27-24(32)20-15-21(16(3)4)28-23-22(20)17(5)29-31(23)26(6,7)8/h11-16H,9-10H2,1-8H3,(H,27,32). The highest BCUT2D eigenvalue weighted by Crippen LogP contribution is 2.29. The number of rotatable bonds is 6. The van der Waals surface area contributed by atoms with E-state index in [0.29, 0.717) is 29.9 Å². The zero-order valence-electron chi connectivity index (χ0n) is 21.0. The fourth-order valence-corrected chi connectivity index (χ4v) is 3.84. The van der Waals surface area contributed by atoms with Crippen LogP contribution in [0.4, 0.5) is 5.69 Å². The van der Waals surface area contributed by atoms with Crippen LogP contribution >= 0.6 is 0 Å². The number of nitrogens with one attached hydrogen (secondary N) is 1. The van der Waals surface area contributed by atoms with Crippen LogP contribution in [0.15, 0.2) is 30.3 Å². The van der Waals surface area contributed by atoms with Crippen molar-refractivity contribution in [2.75, 3.05) is 18.4 Å². The molecule has 0 fully saturated rings. The van der Waals surface area contributed by atoms with Crippen LogP contribution in [0.1, 0.15) is 86.5 Å². The zero-order valence-corrected chi connectivity index (χ0v) is 21.0. The Hall–Kier alpha value is -3.22. The molecule has 3 aromatic rings. The van der Waals surface area contributed by atoms with Gasteiger partial charge in [0.2, 0.25) is 0 Å². The SMILES string of the molecule is CCN(CC)C(=O)c1ccc(NC(=O)c2cc(C(C)C)nc3c2c(C)nn3C(C)(C)C)cc1. The summed E-state index contributed by atoms with van der Waals surface area (Å²) in [7, 11) is 0. The lowest BCUT2D eigenvalue weighted by atomic mass is 10.0. The van der Waals surface area contributed by atoms with Crippen molar-refractivity contribution in [2.24, 2.45) is 0 Å². The second-order valence-electron chi connectivity index (χ2n) is 9.62. The average molecular weight is 450 g/mol. The van der Waals surface area contributed by atoms with Gasteiger partial charge in [-0.3, -0.25) is 9.59 Å². The van der Waals surface area contributed by atoms with Gasteiger partial charge in [0.15, 0.2) is 5.65 Å². The summed E-state index contributed by atoms with van der Waals surface area (Å²) in [4.78, 5) is 32.6. The molecule has 33 heavy (non-hydrogen) atoms. The highest BCUT2D eigenvalue weighted by atomic mass is 16.2. The number of fused-ring (bicyclic) bond motifs is 1. The fraction of sp³-hybridized carbons (Fsp3) is 0.462. The van der Waals surface area contributed by atoms with Crippen molar-refractivity contribution in [3.05, 3.63) is 52.8 Å². The number of pyridine rings is 1. The van der Waals surface area contributed by atoms with E-state index in [-0.39, 0.29) is 23.3 Å². The third kappa shape index (κ3) is 4.92. The third-order valence-electron chi connectivity index (χ3n) is 5.74. The molecule has 176 valence electrons. The molecule has 2 heterocycles. The lowest BCUT2D eigenvalue weighted by molar-refractivity contribution is 0.0773. The monoisotopic (exact) mass is 449 g/mol. The Morgan fingerprint density at radius 1 is 1.09 bits per heavy atom. The van der Waals surface area contributed by atoms with Crippen molar-refractivity contribution >= 4 is 28.5 Å². The van der Waals surface area contributed by atoms with Crippen molar-refractivity contribution in [1.82, 2.24) is 19.7 Å². The van der Waals surface area contributed by atoms with E-state index in [9.17, 15) is 9.59 Å². The number of hydrogen-bond acceptors (Lipinski definition) is 4. The highest BCUT2D eigenvalue weighted by Gasteiger charge is 2.25. The van der Waals surface area contributed by atoms with Gasteiger partial charge >= 0.3 is 0 Å². The molecule has 0 spiro atoms. The van der Waals surface area contributed by atoms with Crippen LogP contribution in [0.25, 0.3) is 11.0 Å². The largest absolute Gasteiger partial charge is 0.339 e. The molecule has 1 N–H and O–H groups in total. The van der Waals surface area contributed by atoms with Gasteiger partial charge in [-0.25, -0.2) is 9.67 Å². The summed E-state index contributed by atoms with van der Waals surface area (Å²) >= 11 is 0. The van der Waals surface area contributed by atoms with Gasteiger partial charge in [-0.1, -0.05) is 13.8 Å². The molecule has 1 aromatic carbocycles. The van der Waals surface area contributed by atoms with E-state index in [4.69, 9.17) is 10.1 Å². The molecule has 0 atom stereocenters. The molecule has 0 saturated heterocycles. The Bertz CT molecular complexity index is 1170. The first-order valence-electron chi connectivity index (χ1n) is 11.6. The number of carbonyl (C=O) groups is 2. The van der Waals surface area contributed by atoms with Crippen LogP contribution in [0.2, 0.25) is 0 Å². The molecule has 2 amide bonds. The number of amides is 2. The Kier molecular flexibility index (Phi) is 6.91. The first kappa shape index (κ1) is 24.4. The summed E-state index contributed by atoms with van der Waals surface area (Å²) in [6.07, 6.45) is 0. The Balaban J connectivity index is 1.99. The molecule has 0 aliphatic rings. The van der Waals surface area contributed by atoms with Gasteiger partial charge < -0.3 is 10.2 Å². The summed E-state index contributed by atoms with van der Waals surface area (Å²) in [6, 6.07) is 8.90. The second-order valence-corrected chi connectivity index (χ2v) is 9.62. The van der Waals surface area contributed by atoms with Crippen LogP contribution in [-0.2, 0) is 5.54 Å². The predicted octanol–water partition coefficient (Wildman–Crippen LogP) is 5.35. The van der Waals surface area contributed by atoms with E-state index >= 15 is 0 Å². The third-order valence-corrected chi connectivity index (χ3v) is 5.74. The Morgan fingerprint density at radius 3 is 2.21 bits per heavy atom. The first-order chi connectivity index (χ1) is 15.5. The van der Waals surface area contributed by atoms with Crippen LogP contribution < -0.4 is 5.32 Å². The molecule has 0 aliphatic carbocycles. The maximum Gasteiger partial charge on any atom is 0.256 e. The number of nitrogens with zero attached hydrogens (tertiary/aromatic N) is 4. The molecular formula is C26H35N5O2. The maximum atomic E-state index is 13.4. The molecule has 0 radical (unpaired) electrons. The summed E-state index contributed by atoms with van der Waals surface area (Å²) in [5, 5.41) is 8.46. The molecule has 0 unspecified atom stereocenters. The van der Waals surface area contributed by atoms with E-state index in [2.05, 4.69) is 39.9 Å². The van der Waals surface area contributed by atoms with Crippen LogP contribution in [0, 0.1) is 6.92 Å². The molecule has 3 rings (SSSR count). The van der Waals surface area contributed by atoms with Gasteiger partial charge in [-0.15, -0.1) is 0 Å². The summed E-state index contributed by atoms with van der Waals surface area (Å²) in [5.74, 6) is -0.0702. The minimum absolute atomic E-state index is 0.0134. The highest BCUT2D eigenvalue weighted by molar-refractivity contribution is 6.12. The second kappa shape index (κ2) is 9.33. The lowest BCUT2D eigenvalue weighted by Crippen LogP contribution is -2.30. The van der Waals surface area contributed by atoms with Gasteiger partial charge in [-0.2, -0.15) is 5.10 Å². The van der Waals surface area contributed by atoms with Crippen molar-refractivity contribution in [2.45, 2.75) is 66.8 Å². The van der Waals surface area contributed by atoms with Crippen molar-refractivity contribution in [1.29, 1.82) is 0 Å². The molecule has 7 nitrogen and oxygen atoms in total. The van der Waals surface area contributed by atoms with Gasteiger partial charge in [-0.05, 0) is 77.8 Å². The minimum atomic E-state index is -0.268. The van der Waals surface area contributed by atoms with E-state index in [1.807, 2.05) is 31.5 Å². The number of carbonyl (C=O) groups excluding carboxylic acids is 2. The number of aryl methyl sites for hydroxylation is 1. The minimum Gasteiger partial charge on any atom is -0.339 e. The topological polar surface area (TPSA) is 80.1 Å². The number of hydrogen-bond donors (Lipinski definition) is 1. The Labute approximate surface area is 196 Å². The predicted molar refractivity (Wildman–Crippen MR) is 133 cm³/mol. The quantitative estimate of drug-likeness (QED) is 0.550. The van der Waals surface area contributed by atoms with Gasteiger partial charge in [0.05, 0.1) is 22.2 Å². The molecule has 7 heteroatoms. The van der Waals surface area contributed by atoms with Crippen LogP contribution in [0.5, 0.6) is 0 Å². The Morgan fingerprint density at radius 2 is 1.70 bits per heavy atom. The van der Waals surface area contributed by atoms with Crippen molar-refractivity contribution in [3.8, 4) is 0 Å². The molecule has 0 bridgehead atoms. The molecule has 2 aromatic heterocycles. The van der Waals surface area contributed by atoms with E-state index < -0.39 is 0 Å². The normalized spacial score (nSPS) is 11.8. The van der Waals surface area contributed by atoms with Crippen molar-refractivity contribution < 1.29 is 9.59 Å². The molecular weight excluding hydrogens is 414 g/mol. The first-order valence-corrected chi connectivity index (χ1v) is 11.6. The average Bonchev–Trinajstić information content (AvgIpc) is 3.11. The summed E-state index contributed by atoms with van der Waals surface area (Å²) in [6.45, 7) is 17.5. The van der Waals surface area contributed by atoms with Crippen LogP contribution in [0.3, 0.4) is 0 Å². The van der Waals surface area contributed by atoms with E-state index in [1.165, 1.54) is 0 Å². The fourth-order valence-electron chi connectivity index (χ4n) is 3.84.